The van der Waals surface area contributed by atoms with Crippen molar-refractivity contribution < 1.29 is 64.2 Å². The van der Waals surface area contributed by atoms with Gasteiger partial charge in [0.1, 0.15) is 67.1 Å². The fraction of sp³-hybridized carbons (Fsp3) is 1.00. The van der Waals surface area contributed by atoms with E-state index < -0.39 is 123 Å². The maximum absolute atomic E-state index is 11.1. The van der Waals surface area contributed by atoms with Gasteiger partial charge >= 0.3 is 0 Å². The Hall–Kier alpha value is -0.760. The minimum absolute atomic E-state index is 0.0889. The Morgan fingerprint density at radius 3 is 1.45 bits per heavy atom. The highest BCUT2D eigenvalue weighted by Crippen LogP contribution is 2.34. The van der Waals surface area contributed by atoms with Crippen LogP contribution >= 0.6 is 0 Å². The van der Waals surface area contributed by atoms with Gasteiger partial charge < -0.3 is 98.6 Å². The molecule has 0 aromatic rings. The molecule has 0 aromatic heterocycles. The Morgan fingerprint density at radius 2 is 0.976 bits per heavy atom. The van der Waals surface area contributed by atoms with Crippen LogP contribution < -0.4 is 34.4 Å². The third-order valence-electron chi connectivity index (χ3n) is 8.37. The summed E-state index contributed by atoms with van der Waals surface area (Å²) in [5, 5.41) is 73.0. The van der Waals surface area contributed by atoms with Gasteiger partial charge in [-0.1, -0.05) is 0 Å². The molecule has 3 saturated heterocycles. The van der Waals surface area contributed by atoms with Crippen LogP contribution in [0.1, 0.15) is 6.42 Å². The molecule has 4 fully saturated rings. The number of hydrogen-bond donors (Lipinski definition) is 13. The van der Waals surface area contributed by atoms with E-state index in [1.807, 2.05) is 0 Å². The van der Waals surface area contributed by atoms with Gasteiger partial charge in [0.2, 0.25) is 0 Å². The Balaban J connectivity index is 1.50. The lowest BCUT2D eigenvalue weighted by Crippen LogP contribution is -2.68. The number of aliphatic hydroxyl groups is 7. The molecule has 19 N–H and O–H groups in total. The Kier molecular flexibility index (Phi) is 11.5. The molecule has 3 aliphatic heterocycles. The van der Waals surface area contributed by atoms with Crippen molar-refractivity contribution >= 4 is 0 Å². The van der Waals surface area contributed by atoms with Crippen LogP contribution in [-0.4, -0.2) is 172 Å². The highest BCUT2D eigenvalue weighted by Gasteiger charge is 2.54. The fourth-order valence-corrected chi connectivity index (χ4v) is 5.74. The zero-order chi connectivity index (χ0) is 31.0. The summed E-state index contributed by atoms with van der Waals surface area (Å²) >= 11 is 0. The minimum Gasteiger partial charge on any atom is -0.394 e. The van der Waals surface area contributed by atoms with Crippen LogP contribution in [0.3, 0.4) is 0 Å². The Morgan fingerprint density at radius 1 is 0.524 bits per heavy atom. The van der Waals surface area contributed by atoms with Crippen molar-refractivity contribution in [2.75, 3.05) is 19.7 Å². The van der Waals surface area contributed by atoms with E-state index in [4.69, 9.17) is 62.8 Å². The molecule has 0 bridgehead atoms. The van der Waals surface area contributed by atoms with Crippen molar-refractivity contribution in [1.82, 2.24) is 0 Å². The summed E-state index contributed by atoms with van der Waals surface area (Å²) in [7, 11) is 0. The van der Waals surface area contributed by atoms with E-state index in [1.165, 1.54) is 0 Å². The minimum atomic E-state index is -1.60. The lowest BCUT2D eigenvalue weighted by Gasteiger charge is -2.47. The molecule has 0 aromatic carbocycles. The number of hydrogen-bond acceptors (Lipinski definition) is 19. The predicted molar refractivity (Wildman–Crippen MR) is 138 cm³/mol. The third-order valence-corrected chi connectivity index (χ3v) is 8.37. The van der Waals surface area contributed by atoms with E-state index in [0.29, 0.717) is 0 Å². The standard InChI is InChI=1S/C23H46N6O13/c24-2-7-13(32)15(34)10(28)21(37-7)40-18-6(27)1-5(26)12(31)20(18)42-23-17(36)19(9(4-30)39-23)41-22-11(29)16(35)14(33)8(3-25)38-22/h5-23,30-36H,1-4,24-29H2/t5-,6?,7?,8?,9-,10?,11-,12?,13-,14-,15?,16?,17?,18-,19?,20?,21-,22?,23+/m1/s1. The van der Waals surface area contributed by atoms with E-state index in [9.17, 15) is 35.7 Å². The van der Waals surface area contributed by atoms with Crippen LogP contribution in [0.2, 0.25) is 0 Å². The molecular formula is C23H46N6O13. The van der Waals surface area contributed by atoms with Gasteiger partial charge in [0.15, 0.2) is 18.9 Å². The molecular weight excluding hydrogens is 568 g/mol. The molecule has 4 aliphatic rings. The molecule has 1 aliphatic carbocycles. The summed E-state index contributed by atoms with van der Waals surface area (Å²) in [6, 6.07) is -4.18. The smallest absolute Gasteiger partial charge is 0.187 e. The summed E-state index contributed by atoms with van der Waals surface area (Å²) in [6.07, 6.45) is -19.8. The maximum Gasteiger partial charge on any atom is 0.187 e. The van der Waals surface area contributed by atoms with Crippen molar-refractivity contribution in [2.45, 2.75) is 123 Å². The van der Waals surface area contributed by atoms with Crippen molar-refractivity contribution in [3.8, 4) is 0 Å². The van der Waals surface area contributed by atoms with E-state index in [0.717, 1.165) is 0 Å². The normalized spacial score (nSPS) is 53.8. The predicted octanol–water partition coefficient (Wildman–Crippen LogP) is -8.90. The van der Waals surface area contributed by atoms with Crippen LogP contribution in [0, 0.1) is 0 Å². The number of rotatable bonds is 9. The monoisotopic (exact) mass is 614 g/mol. The molecule has 246 valence electrons. The van der Waals surface area contributed by atoms with Gasteiger partial charge in [-0.2, -0.15) is 0 Å². The first kappa shape index (κ1) is 34.1. The Bertz CT molecular complexity index is 868. The van der Waals surface area contributed by atoms with Crippen LogP contribution in [0.5, 0.6) is 0 Å². The van der Waals surface area contributed by atoms with Gasteiger partial charge in [-0.05, 0) is 6.42 Å². The van der Waals surface area contributed by atoms with E-state index in [1.54, 1.807) is 0 Å². The summed E-state index contributed by atoms with van der Waals surface area (Å²) in [6.45, 7) is -0.967. The van der Waals surface area contributed by atoms with Crippen LogP contribution in [0.25, 0.3) is 0 Å². The van der Waals surface area contributed by atoms with Crippen molar-refractivity contribution in [3.05, 3.63) is 0 Å². The first-order chi connectivity index (χ1) is 19.8. The fourth-order valence-electron chi connectivity index (χ4n) is 5.74. The van der Waals surface area contributed by atoms with Gasteiger partial charge in [0.25, 0.3) is 0 Å². The second kappa shape index (κ2) is 14.1. The first-order valence-corrected chi connectivity index (χ1v) is 13.9. The summed E-state index contributed by atoms with van der Waals surface area (Å²) in [5.74, 6) is 0. The van der Waals surface area contributed by atoms with Gasteiger partial charge in [-0.25, -0.2) is 0 Å². The molecule has 19 heteroatoms. The topological polar surface area (TPSA) is 353 Å². The molecule has 4 rings (SSSR count). The molecule has 19 atom stereocenters. The second-order valence-electron chi connectivity index (χ2n) is 11.2. The quantitative estimate of drug-likeness (QED) is 0.115. The third kappa shape index (κ3) is 6.60. The largest absolute Gasteiger partial charge is 0.394 e. The molecule has 0 radical (unpaired) electrons. The van der Waals surface area contributed by atoms with E-state index in [2.05, 4.69) is 0 Å². The average molecular weight is 615 g/mol. The molecule has 19 nitrogen and oxygen atoms in total. The highest BCUT2D eigenvalue weighted by atomic mass is 16.8. The van der Waals surface area contributed by atoms with E-state index >= 15 is 0 Å². The molecule has 11 unspecified atom stereocenters. The number of ether oxygens (including phenoxy) is 6. The van der Waals surface area contributed by atoms with Gasteiger partial charge in [0, 0.05) is 25.2 Å². The average Bonchev–Trinajstić information content (AvgIpc) is 3.27. The zero-order valence-corrected chi connectivity index (χ0v) is 22.8. The molecule has 1 saturated carbocycles. The number of aliphatic hydroxyl groups excluding tert-OH is 7. The van der Waals surface area contributed by atoms with Crippen molar-refractivity contribution in [1.29, 1.82) is 0 Å². The lowest BCUT2D eigenvalue weighted by atomic mass is 9.84. The first-order valence-electron chi connectivity index (χ1n) is 13.9. The second-order valence-corrected chi connectivity index (χ2v) is 11.2. The summed E-state index contributed by atoms with van der Waals surface area (Å²) < 4.78 is 34.6. The van der Waals surface area contributed by atoms with Gasteiger partial charge in [-0.3, -0.25) is 0 Å². The summed E-state index contributed by atoms with van der Waals surface area (Å²) in [5.41, 5.74) is 35.6. The van der Waals surface area contributed by atoms with Gasteiger partial charge in [0.05, 0.1) is 24.8 Å². The van der Waals surface area contributed by atoms with Crippen LogP contribution in [0.15, 0.2) is 0 Å². The highest BCUT2D eigenvalue weighted by molar-refractivity contribution is 5.02. The maximum atomic E-state index is 11.1. The van der Waals surface area contributed by atoms with Crippen molar-refractivity contribution in [2.24, 2.45) is 34.4 Å². The summed E-state index contributed by atoms with van der Waals surface area (Å²) in [4.78, 5) is 0. The Labute approximate surface area is 241 Å². The lowest BCUT2D eigenvalue weighted by molar-refractivity contribution is -0.306. The van der Waals surface area contributed by atoms with E-state index in [-0.39, 0.29) is 19.5 Å². The van der Waals surface area contributed by atoms with Crippen LogP contribution in [-0.2, 0) is 28.4 Å². The van der Waals surface area contributed by atoms with Gasteiger partial charge in [-0.15, -0.1) is 0 Å². The molecule has 0 spiro atoms. The SMILES string of the molecule is NCC1O[C@H](O[C@@H]2C(N)C[C@@H](N)C(O)C2O[C@@H]2O[C@H](CO)C(OC3OC(CN)[C@@H](O)C(O)[C@H]3N)C2O)C(N)C(O)[C@@H]1O. The molecule has 42 heavy (non-hydrogen) atoms. The number of nitrogens with two attached hydrogens (primary N) is 6. The van der Waals surface area contributed by atoms with Crippen molar-refractivity contribution in [3.63, 3.8) is 0 Å². The zero-order valence-electron chi connectivity index (χ0n) is 22.8. The molecule has 0 amide bonds. The van der Waals surface area contributed by atoms with Crippen LogP contribution in [0.4, 0.5) is 0 Å². The molecule has 3 heterocycles.